The summed E-state index contributed by atoms with van der Waals surface area (Å²) in [5.74, 6) is 0.0355. The van der Waals surface area contributed by atoms with Gasteiger partial charge in [0, 0.05) is 12.2 Å². The number of nitrogens with zero attached hydrogens (tertiary/aromatic N) is 1. The van der Waals surface area contributed by atoms with Crippen molar-refractivity contribution in [3.05, 3.63) is 17.5 Å². The zero-order valence-electron chi connectivity index (χ0n) is 8.05. The van der Waals surface area contributed by atoms with Crippen LogP contribution in [0.15, 0.2) is 6.07 Å². The van der Waals surface area contributed by atoms with Gasteiger partial charge >= 0.3 is 0 Å². The standard InChI is InChI=1S/C9H15N3O/c1-3-4-10-9(13)6-8-5-7(2)11-12-8/h5H,3-4,6H2,1-2H3,(H,10,13)(H,11,12). The van der Waals surface area contributed by atoms with Crippen molar-refractivity contribution in [2.24, 2.45) is 0 Å². The van der Waals surface area contributed by atoms with Crippen LogP contribution in [-0.2, 0) is 11.2 Å². The summed E-state index contributed by atoms with van der Waals surface area (Å²) in [5, 5.41) is 9.58. The fraction of sp³-hybridized carbons (Fsp3) is 0.556. The highest BCUT2D eigenvalue weighted by Crippen LogP contribution is 1.98. The molecule has 72 valence electrons. The maximum absolute atomic E-state index is 11.2. The van der Waals surface area contributed by atoms with Crippen molar-refractivity contribution in [1.29, 1.82) is 0 Å². The molecule has 0 saturated carbocycles. The molecule has 0 aromatic carbocycles. The predicted molar refractivity (Wildman–Crippen MR) is 50.3 cm³/mol. The number of hydrogen-bond acceptors (Lipinski definition) is 2. The van der Waals surface area contributed by atoms with Gasteiger partial charge in [0.05, 0.1) is 12.1 Å². The first-order valence-corrected chi connectivity index (χ1v) is 4.50. The first-order valence-electron chi connectivity index (χ1n) is 4.50. The lowest BCUT2D eigenvalue weighted by Crippen LogP contribution is -2.25. The van der Waals surface area contributed by atoms with Crippen LogP contribution < -0.4 is 5.32 Å². The zero-order valence-corrected chi connectivity index (χ0v) is 8.05. The molecule has 1 aromatic rings. The van der Waals surface area contributed by atoms with E-state index in [4.69, 9.17) is 0 Å². The van der Waals surface area contributed by atoms with Crippen molar-refractivity contribution >= 4 is 5.91 Å². The minimum atomic E-state index is 0.0355. The first kappa shape index (κ1) is 9.77. The van der Waals surface area contributed by atoms with E-state index in [1.54, 1.807) is 0 Å². The number of rotatable bonds is 4. The second kappa shape index (κ2) is 4.64. The second-order valence-corrected chi connectivity index (χ2v) is 3.07. The highest BCUT2D eigenvalue weighted by atomic mass is 16.1. The number of amides is 1. The summed E-state index contributed by atoms with van der Waals surface area (Å²) >= 11 is 0. The molecule has 4 nitrogen and oxygen atoms in total. The largest absolute Gasteiger partial charge is 0.356 e. The number of aromatic amines is 1. The van der Waals surface area contributed by atoms with E-state index in [0.717, 1.165) is 24.4 Å². The molecule has 0 aliphatic rings. The van der Waals surface area contributed by atoms with E-state index in [2.05, 4.69) is 15.5 Å². The molecule has 2 N–H and O–H groups in total. The van der Waals surface area contributed by atoms with Gasteiger partial charge < -0.3 is 5.32 Å². The Labute approximate surface area is 77.7 Å². The Balaban J connectivity index is 2.36. The number of aromatic nitrogens is 2. The molecular weight excluding hydrogens is 166 g/mol. The van der Waals surface area contributed by atoms with Crippen molar-refractivity contribution in [2.45, 2.75) is 26.7 Å². The average molecular weight is 181 g/mol. The number of carbonyl (C=O) groups excluding carboxylic acids is 1. The van der Waals surface area contributed by atoms with Crippen molar-refractivity contribution in [3.8, 4) is 0 Å². The van der Waals surface area contributed by atoms with Gasteiger partial charge in [-0.05, 0) is 19.4 Å². The second-order valence-electron chi connectivity index (χ2n) is 3.07. The van der Waals surface area contributed by atoms with Gasteiger partial charge in [0.1, 0.15) is 0 Å². The van der Waals surface area contributed by atoms with Crippen LogP contribution in [0.2, 0.25) is 0 Å². The summed E-state index contributed by atoms with van der Waals surface area (Å²) in [6.45, 7) is 4.68. The molecule has 0 unspecified atom stereocenters. The number of hydrogen-bond donors (Lipinski definition) is 2. The molecule has 1 aromatic heterocycles. The van der Waals surface area contributed by atoms with E-state index < -0.39 is 0 Å². The molecular formula is C9H15N3O. The molecule has 1 rings (SSSR count). The molecule has 0 spiro atoms. The summed E-state index contributed by atoms with van der Waals surface area (Å²) in [5.41, 5.74) is 1.78. The van der Waals surface area contributed by atoms with E-state index in [9.17, 15) is 4.79 Å². The zero-order chi connectivity index (χ0) is 9.68. The lowest BCUT2D eigenvalue weighted by atomic mass is 10.3. The molecule has 0 radical (unpaired) electrons. The van der Waals surface area contributed by atoms with Crippen LogP contribution in [0.5, 0.6) is 0 Å². The topological polar surface area (TPSA) is 57.8 Å². The van der Waals surface area contributed by atoms with Gasteiger partial charge in [0.25, 0.3) is 0 Å². The quantitative estimate of drug-likeness (QED) is 0.721. The predicted octanol–water partition coefficient (Wildman–Crippen LogP) is 0.787. The summed E-state index contributed by atoms with van der Waals surface area (Å²) in [6, 6.07) is 1.88. The van der Waals surface area contributed by atoms with E-state index in [1.165, 1.54) is 0 Å². The molecule has 0 fully saturated rings. The fourth-order valence-electron chi connectivity index (χ4n) is 1.06. The van der Waals surface area contributed by atoms with Crippen LogP contribution in [0.1, 0.15) is 24.7 Å². The number of aryl methyl sites for hydroxylation is 1. The molecule has 13 heavy (non-hydrogen) atoms. The molecule has 1 heterocycles. The van der Waals surface area contributed by atoms with Gasteiger partial charge in [0.15, 0.2) is 0 Å². The van der Waals surface area contributed by atoms with Gasteiger partial charge in [-0.25, -0.2) is 0 Å². The molecule has 0 saturated heterocycles. The fourth-order valence-corrected chi connectivity index (χ4v) is 1.06. The smallest absolute Gasteiger partial charge is 0.226 e. The van der Waals surface area contributed by atoms with Crippen LogP contribution in [0.25, 0.3) is 0 Å². The Morgan fingerprint density at radius 2 is 2.46 bits per heavy atom. The Hall–Kier alpha value is -1.32. The molecule has 0 aliphatic carbocycles. The summed E-state index contributed by atoms with van der Waals surface area (Å²) < 4.78 is 0. The Bertz CT molecular complexity index is 280. The molecule has 0 atom stereocenters. The van der Waals surface area contributed by atoms with E-state index in [0.29, 0.717) is 6.42 Å². The monoisotopic (exact) mass is 181 g/mol. The number of H-pyrrole nitrogens is 1. The minimum Gasteiger partial charge on any atom is -0.356 e. The third kappa shape index (κ3) is 3.27. The Kier molecular flexibility index (Phi) is 3.49. The highest BCUT2D eigenvalue weighted by molar-refractivity contribution is 5.78. The van der Waals surface area contributed by atoms with Crippen LogP contribution in [0, 0.1) is 6.92 Å². The highest BCUT2D eigenvalue weighted by Gasteiger charge is 2.04. The number of carbonyl (C=O) groups is 1. The molecule has 0 aliphatic heterocycles. The van der Waals surface area contributed by atoms with Crippen LogP contribution in [-0.4, -0.2) is 22.6 Å². The Morgan fingerprint density at radius 3 is 3.00 bits per heavy atom. The van der Waals surface area contributed by atoms with E-state index in [1.807, 2.05) is 19.9 Å². The van der Waals surface area contributed by atoms with Gasteiger partial charge in [-0.1, -0.05) is 6.92 Å². The van der Waals surface area contributed by atoms with Gasteiger partial charge in [0.2, 0.25) is 5.91 Å². The molecule has 4 heteroatoms. The summed E-state index contributed by atoms with van der Waals surface area (Å²) in [4.78, 5) is 11.2. The minimum absolute atomic E-state index is 0.0355. The summed E-state index contributed by atoms with van der Waals surface area (Å²) in [7, 11) is 0. The van der Waals surface area contributed by atoms with E-state index >= 15 is 0 Å². The van der Waals surface area contributed by atoms with Crippen molar-refractivity contribution < 1.29 is 4.79 Å². The average Bonchev–Trinajstić information content (AvgIpc) is 2.48. The van der Waals surface area contributed by atoms with Crippen LogP contribution >= 0.6 is 0 Å². The lowest BCUT2D eigenvalue weighted by Gasteiger charge is -1.99. The van der Waals surface area contributed by atoms with Gasteiger partial charge in [-0.3, -0.25) is 9.89 Å². The SMILES string of the molecule is CCCNC(=O)Cc1cc(C)[nH]n1. The van der Waals surface area contributed by atoms with Crippen LogP contribution in [0.3, 0.4) is 0 Å². The molecule has 1 amide bonds. The van der Waals surface area contributed by atoms with Gasteiger partial charge in [-0.15, -0.1) is 0 Å². The normalized spacial score (nSPS) is 10.0. The first-order chi connectivity index (χ1) is 6.22. The molecule has 0 bridgehead atoms. The summed E-state index contributed by atoms with van der Waals surface area (Å²) in [6.07, 6.45) is 1.33. The maximum Gasteiger partial charge on any atom is 0.226 e. The van der Waals surface area contributed by atoms with E-state index in [-0.39, 0.29) is 5.91 Å². The van der Waals surface area contributed by atoms with Crippen molar-refractivity contribution in [2.75, 3.05) is 6.54 Å². The maximum atomic E-state index is 11.2. The Morgan fingerprint density at radius 1 is 1.69 bits per heavy atom. The lowest BCUT2D eigenvalue weighted by molar-refractivity contribution is -0.120. The third-order valence-electron chi connectivity index (χ3n) is 1.67. The van der Waals surface area contributed by atoms with Crippen molar-refractivity contribution in [3.63, 3.8) is 0 Å². The van der Waals surface area contributed by atoms with Gasteiger partial charge in [-0.2, -0.15) is 5.10 Å². The van der Waals surface area contributed by atoms with Crippen molar-refractivity contribution in [1.82, 2.24) is 15.5 Å². The van der Waals surface area contributed by atoms with Crippen LogP contribution in [0.4, 0.5) is 0 Å². The number of nitrogens with one attached hydrogen (secondary N) is 2. The third-order valence-corrected chi connectivity index (χ3v) is 1.67.